The van der Waals surface area contributed by atoms with E-state index in [1.807, 2.05) is 23.7 Å². The molecule has 0 aliphatic rings. The van der Waals surface area contributed by atoms with Crippen molar-refractivity contribution >= 4 is 17.7 Å². The Labute approximate surface area is 101 Å². The molecule has 16 heavy (non-hydrogen) atoms. The van der Waals surface area contributed by atoms with Crippen molar-refractivity contribution in [2.24, 2.45) is 5.73 Å². The van der Waals surface area contributed by atoms with Crippen LogP contribution in [0.15, 0.2) is 29.2 Å². The molecule has 1 aromatic carbocycles. The van der Waals surface area contributed by atoms with Gasteiger partial charge in [-0.05, 0) is 30.5 Å². The summed E-state index contributed by atoms with van der Waals surface area (Å²) in [6.07, 6.45) is 0. The zero-order valence-electron chi connectivity index (χ0n) is 9.77. The molecular weight excluding hydrogens is 220 g/mol. The fraction of sp³-hybridized carbons (Fsp3) is 0.417. The van der Waals surface area contributed by atoms with Gasteiger partial charge in [0, 0.05) is 11.4 Å². The number of carbonyl (C=O) groups excluding carboxylic acids is 1. The zero-order valence-corrected chi connectivity index (χ0v) is 10.6. The molecular formula is C12H18N2OS. The summed E-state index contributed by atoms with van der Waals surface area (Å²) in [6.45, 7) is 3.19. The first-order valence-corrected chi connectivity index (χ1v) is 6.29. The number of likely N-dealkylation sites (N-methyl/N-ethyl adjacent to an activating group) is 1. The third-order valence-corrected chi connectivity index (χ3v) is 3.01. The first-order chi connectivity index (χ1) is 7.61. The van der Waals surface area contributed by atoms with E-state index in [0.717, 1.165) is 12.3 Å². The maximum atomic E-state index is 10.7. The van der Waals surface area contributed by atoms with E-state index in [0.29, 0.717) is 6.54 Å². The number of nitrogens with two attached hydrogens (primary N) is 1. The minimum atomic E-state index is -0.291. The minimum Gasteiger partial charge on any atom is -0.369 e. The molecule has 0 radical (unpaired) electrons. The Bertz CT molecular complexity index is 337. The van der Waals surface area contributed by atoms with Gasteiger partial charge < -0.3 is 5.73 Å². The van der Waals surface area contributed by atoms with Crippen LogP contribution in [0.2, 0.25) is 0 Å². The summed E-state index contributed by atoms with van der Waals surface area (Å²) in [6, 6.07) is 8.41. The number of nitrogens with zero attached hydrogens (tertiary/aromatic N) is 1. The number of primary amides is 1. The van der Waals surface area contributed by atoms with Gasteiger partial charge in [-0.25, -0.2) is 0 Å². The van der Waals surface area contributed by atoms with Gasteiger partial charge in [0.1, 0.15) is 0 Å². The Hall–Kier alpha value is -1.00. The van der Waals surface area contributed by atoms with Crippen molar-refractivity contribution in [3.05, 3.63) is 29.8 Å². The molecule has 0 aliphatic heterocycles. The first-order valence-electron chi connectivity index (χ1n) is 5.30. The second kappa shape index (κ2) is 6.55. The summed E-state index contributed by atoms with van der Waals surface area (Å²) in [5.41, 5.74) is 6.33. The Balaban J connectivity index is 2.51. The molecule has 0 atom stereocenters. The van der Waals surface area contributed by atoms with Crippen LogP contribution in [-0.4, -0.2) is 30.2 Å². The van der Waals surface area contributed by atoms with Crippen molar-refractivity contribution in [1.29, 1.82) is 0 Å². The summed E-state index contributed by atoms with van der Waals surface area (Å²) in [5.74, 6) is 0.793. The van der Waals surface area contributed by atoms with Gasteiger partial charge in [0.15, 0.2) is 0 Å². The normalized spacial score (nSPS) is 10.7. The van der Waals surface area contributed by atoms with E-state index in [9.17, 15) is 4.79 Å². The maximum absolute atomic E-state index is 10.7. The molecule has 0 bridgehead atoms. The summed E-state index contributed by atoms with van der Waals surface area (Å²) in [7, 11) is 1.89. The second-order valence-corrected chi connectivity index (χ2v) is 5.05. The van der Waals surface area contributed by atoms with Crippen molar-refractivity contribution < 1.29 is 4.79 Å². The molecule has 1 aromatic rings. The standard InChI is InChI=1S/C12H18N2OS/c1-3-16-11-6-4-10(5-7-11)8-14(2)9-12(13)15/h4-7H,3,8-9H2,1-2H3,(H2,13,15). The molecule has 3 nitrogen and oxygen atoms in total. The van der Waals surface area contributed by atoms with Crippen molar-refractivity contribution in [2.75, 3.05) is 19.3 Å². The van der Waals surface area contributed by atoms with Gasteiger partial charge in [0.25, 0.3) is 0 Å². The second-order valence-electron chi connectivity index (χ2n) is 3.72. The fourth-order valence-corrected chi connectivity index (χ4v) is 2.15. The molecule has 1 amide bonds. The smallest absolute Gasteiger partial charge is 0.231 e. The zero-order chi connectivity index (χ0) is 12.0. The van der Waals surface area contributed by atoms with Crippen LogP contribution in [-0.2, 0) is 11.3 Å². The Kier molecular flexibility index (Phi) is 5.35. The topological polar surface area (TPSA) is 46.3 Å². The Morgan fingerprint density at radius 2 is 2.00 bits per heavy atom. The van der Waals surface area contributed by atoms with Gasteiger partial charge in [-0.3, -0.25) is 9.69 Å². The lowest BCUT2D eigenvalue weighted by molar-refractivity contribution is -0.118. The average molecular weight is 238 g/mol. The van der Waals surface area contributed by atoms with E-state index in [2.05, 4.69) is 31.2 Å². The van der Waals surface area contributed by atoms with Crippen molar-refractivity contribution in [3.63, 3.8) is 0 Å². The number of carbonyl (C=O) groups is 1. The predicted octanol–water partition coefficient (Wildman–Crippen LogP) is 1.72. The molecule has 0 heterocycles. The highest BCUT2D eigenvalue weighted by Crippen LogP contribution is 2.18. The van der Waals surface area contributed by atoms with Crippen LogP contribution in [0.1, 0.15) is 12.5 Å². The van der Waals surface area contributed by atoms with E-state index in [1.54, 1.807) is 0 Å². The maximum Gasteiger partial charge on any atom is 0.231 e. The lowest BCUT2D eigenvalue weighted by atomic mass is 10.2. The van der Waals surface area contributed by atoms with E-state index in [-0.39, 0.29) is 5.91 Å². The van der Waals surface area contributed by atoms with Crippen LogP contribution < -0.4 is 5.73 Å². The fourth-order valence-electron chi connectivity index (χ4n) is 1.49. The number of rotatable bonds is 6. The molecule has 1 rings (SSSR count). The molecule has 2 N–H and O–H groups in total. The van der Waals surface area contributed by atoms with E-state index < -0.39 is 0 Å². The molecule has 0 aliphatic carbocycles. The van der Waals surface area contributed by atoms with Crippen LogP contribution in [0, 0.1) is 0 Å². The van der Waals surface area contributed by atoms with Crippen LogP contribution >= 0.6 is 11.8 Å². The average Bonchev–Trinajstić information content (AvgIpc) is 2.20. The quantitative estimate of drug-likeness (QED) is 0.768. The van der Waals surface area contributed by atoms with Crippen molar-refractivity contribution in [2.45, 2.75) is 18.4 Å². The van der Waals surface area contributed by atoms with Gasteiger partial charge in [0.05, 0.1) is 6.54 Å². The number of thioether (sulfide) groups is 1. The molecule has 0 unspecified atom stereocenters. The number of hydrogen-bond acceptors (Lipinski definition) is 3. The van der Waals surface area contributed by atoms with E-state index in [4.69, 9.17) is 5.73 Å². The molecule has 0 saturated carbocycles. The van der Waals surface area contributed by atoms with Crippen LogP contribution in [0.3, 0.4) is 0 Å². The third kappa shape index (κ3) is 4.68. The molecule has 0 aromatic heterocycles. The van der Waals surface area contributed by atoms with E-state index in [1.165, 1.54) is 10.5 Å². The van der Waals surface area contributed by atoms with Crippen LogP contribution in [0.25, 0.3) is 0 Å². The number of benzene rings is 1. The van der Waals surface area contributed by atoms with Gasteiger partial charge in [-0.1, -0.05) is 19.1 Å². The predicted molar refractivity (Wildman–Crippen MR) is 68.4 cm³/mol. The third-order valence-electron chi connectivity index (χ3n) is 2.11. The summed E-state index contributed by atoms with van der Waals surface area (Å²) < 4.78 is 0. The minimum absolute atomic E-state index is 0.291. The summed E-state index contributed by atoms with van der Waals surface area (Å²) >= 11 is 1.83. The SMILES string of the molecule is CCSc1ccc(CN(C)CC(N)=O)cc1. The monoisotopic (exact) mass is 238 g/mol. The molecule has 88 valence electrons. The van der Waals surface area contributed by atoms with Gasteiger partial charge >= 0.3 is 0 Å². The van der Waals surface area contributed by atoms with Gasteiger partial charge in [-0.15, -0.1) is 11.8 Å². The first kappa shape index (κ1) is 13.1. The largest absolute Gasteiger partial charge is 0.369 e. The lowest BCUT2D eigenvalue weighted by Gasteiger charge is -2.14. The van der Waals surface area contributed by atoms with Gasteiger partial charge in [0.2, 0.25) is 5.91 Å². The summed E-state index contributed by atoms with van der Waals surface area (Å²) in [4.78, 5) is 13.9. The number of hydrogen-bond donors (Lipinski definition) is 1. The van der Waals surface area contributed by atoms with Gasteiger partial charge in [-0.2, -0.15) is 0 Å². The highest BCUT2D eigenvalue weighted by Gasteiger charge is 2.03. The number of amides is 1. The molecule has 0 saturated heterocycles. The van der Waals surface area contributed by atoms with Crippen molar-refractivity contribution in [1.82, 2.24) is 4.90 Å². The van der Waals surface area contributed by atoms with Crippen molar-refractivity contribution in [3.8, 4) is 0 Å². The molecule has 4 heteroatoms. The highest BCUT2D eigenvalue weighted by molar-refractivity contribution is 7.99. The molecule has 0 fully saturated rings. The van der Waals surface area contributed by atoms with Crippen LogP contribution in [0.5, 0.6) is 0 Å². The highest BCUT2D eigenvalue weighted by atomic mass is 32.2. The summed E-state index contributed by atoms with van der Waals surface area (Å²) in [5, 5.41) is 0. The Morgan fingerprint density at radius 3 is 2.50 bits per heavy atom. The van der Waals surface area contributed by atoms with Crippen LogP contribution in [0.4, 0.5) is 0 Å². The molecule has 0 spiro atoms. The lowest BCUT2D eigenvalue weighted by Crippen LogP contribution is -2.30. The van der Waals surface area contributed by atoms with E-state index >= 15 is 0 Å². The Morgan fingerprint density at radius 1 is 1.38 bits per heavy atom.